The van der Waals surface area contributed by atoms with Crippen molar-refractivity contribution in [2.75, 3.05) is 19.7 Å². The van der Waals surface area contributed by atoms with E-state index < -0.39 is 0 Å². The van der Waals surface area contributed by atoms with Gasteiger partial charge in [0.2, 0.25) is 0 Å². The molecule has 8 nitrogen and oxygen atoms in total. The Bertz CT molecular complexity index is 993. The van der Waals surface area contributed by atoms with Crippen molar-refractivity contribution in [3.63, 3.8) is 0 Å². The van der Waals surface area contributed by atoms with Crippen LogP contribution in [0.3, 0.4) is 0 Å². The molecule has 0 bridgehead atoms. The largest absolute Gasteiger partial charge is 0.492 e. The Morgan fingerprint density at radius 3 is 2.66 bits per heavy atom. The van der Waals surface area contributed by atoms with Gasteiger partial charge in [-0.05, 0) is 36.4 Å². The third-order valence-electron chi connectivity index (χ3n) is 4.53. The Kier molecular flexibility index (Phi) is 5.95. The lowest BCUT2D eigenvalue weighted by Gasteiger charge is -2.08. The van der Waals surface area contributed by atoms with Crippen molar-refractivity contribution in [2.45, 2.75) is 25.4 Å². The molecule has 0 saturated heterocycles. The summed E-state index contributed by atoms with van der Waals surface area (Å²) in [5.74, 6) is 1.48. The number of hydrogen-bond acceptors (Lipinski definition) is 5. The average molecular weight is 414 g/mol. The van der Waals surface area contributed by atoms with Crippen LogP contribution in [0.15, 0.2) is 52.6 Å². The molecule has 152 valence electrons. The highest BCUT2D eigenvalue weighted by atomic mass is 32.1. The lowest BCUT2D eigenvalue weighted by Crippen LogP contribution is -2.40. The zero-order valence-corrected chi connectivity index (χ0v) is 16.7. The Hall–Kier alpha value is -3.07. The van der Waals surface area contributed by atoms with Crippen LogP contribution in [0.4, 0.5) is 4.79 Å². The van der Waals surface area contributed by atoms with Crippen LogP contribution < -0.4 is 21.1 Å². The molecule has 4 rings (SSSR count). The molecule has 0 radical (unpaired) electrons. The van der Waals surface area contributed by atoms with E-state index in [0.717, 1.165) is 29.3 Å². The van der Waals surface area contributed by atoms with Crippen LogP contribution in [-0.4, -0.2) is 40.1 Å². The van der Waals surface area contributed by atoms with Crippen LogP contribution in [0.5, 0.6) is 5.75 Å². The maximum Gasteiger partial charge on any atom is 0.346 e. The summed E-state index contributed by atoms with van der Waals surface area (Å²) in [6, 6.07) is 13.3. The summed E-state index contributed by atoms with van der Waals surface area (Å²) < 4.78 is 8.75. The molecule has 9 heteroatoms. The molecule has 1 fully saturated rings. The van der Waals surface area contributed by atoms with E-state index >= 15 is 0 Å². The normalized spacial score (nSPS) is 13.2. The molecule has 1 saturated carbocycles. The molecule has 2 heterocycles. The fourth-order valence-electron chi connectivity index (χ4n) is 2.99. The molecule has 2 aromatic heterocycles. The van der Waals surface area contributed by atoms with E-state index in [1.165, 1.54) is 4.68 Å². The summed E-state index contributed by atoms with van der Waals surface area (Å²) in [6.07, 6.45) is 2.02. The highest BCUT2D eigenvalue weighted by molar-refractivity contribution is 7.13. The van der Waals surface area contributed by atoms with Crippen molar-refractivity contribution in [3.8, 4) is 16.5 Å². The van der Waals surface area contributed by atoms with Gasteiger partial charge in [0.15, 0.2) is 5.82 Å². The van der Waals surface area contributed by atoms with Gasteiger partial charge >= 0.3 is 11.7 Å². The number of para-hydroxylation sites is 1. The van der Waals surface area contributed by atoms with Gasteiger partial charge in [0.1, 0.15) is 12.4 Å². The number of urea groups is 1. The lowest BCUT2D eigenvalue weighted by atomic mass is 10.3. The van der Waals surface area contributed by atoms with Crippen molar-refractivity contribution < 1.29 is 9.53 Å². The Labute approximate surface area is 172 Å². The second kappa shape index (κ2) is 8.95. The first-order valence-electron chi connectivity index (χ1n) is 9.65. The number of carbonyl (C=O) groups excluding carboxylic acids is 1. The van der Waals surface area contributed by atoms with Crippen molar-refractivity contribution in [1.29, 1.82) is 0 Å². The van der Waals surface area contributed by atoms with Gasteiger partial charge in [-0.15, -0.1) is 16.4 Å². The van der Waals surface area contributed by atoms with E-state index in [9.17, 15) is 9.59 Å². The molecule has 0 aliphatic heterocycles. The van der Waals surface area contributed by atoms with Crippen LogP contribution >= 0.6 is 11.3 Å². The van der Waals surface area contributed by atoms with Gasteiger partial charge in [-0.2, -0.15) is 0 Å². The third-order valence-corrected chi connectivity index (χ3v) is 5.40. The first-order valence-corrected chi connectivity index (χ1v) is 10.5. The predicted molar refractivity (Wildman–Crippen MR) is 111 cm³/mol. The number of thiophene rings is 1. The Morgan fingerprint density at radius 2 is 1.93 bits per heavy atom. The molecule has 29 heavy (non-hydrogen) atoms. The van der Waals surface area contributed by atoms with Gasteiger partial charge in [-0.1, -0.05) is 24.3 Å². The Balaban J connectivity index is 1.25. The van der Waals surface area contributed by atoms with Gasteiger partial charge in [0, 0.05) is 12.6 Å². The molecule has 0 unspecified atom stereocenters. The van der Waals surface area contributed by atoms with E-state index in [1.807, 2.05) is 47.8 Å². The summed E-state index contributed by atoms with van der Waals surface area (Å²) in [6.45, 7) is 1.41. The number of aromatic nitrogens is 3. The van der Waals surface area contributed by atoms with E-state index in [-0.39, 0.29) is 17.8 Å². The number of carbonyl (C=O) groups is 1. The van der Waals surface area contributed by atoms with Crippen molar-refractivity contribution in [3.05, 3.63) is 58.3 Å². The second-order valence-corrected chi connectivity index (χ2v) is 7.70. The quantitative estimate of drug-likeness (QED) is 0.528. The molecule has 2 N–H and O–H groups in total. The molecule has 1 aliphatic carbocycles. The number of rotatable bonds is 9. The molecule has 0 atom stereocenters. The number of amides is 2. The summed E-state index contributed by atoms with van der Waals surface area (Å²) >= 11 is 1.57. The van der Waals surface area contributed by atoms with Crippen LogP contribution in [0.25, 0.3) is 10.7 Å². The van der Waals surface area contributed by atoms with Crippen LogP contribution in [0.1, 0.15) is 18.9 Å². The smallest absolute Gasteiger partial charge is 0.346 e. The monoisotopic (exact) mass is 413 g/mol. The van der Waals surface area contributed by atoms with Crippen LogP contribution in [-0.2, 0) is 6.54 Å². The Morgan fingerprint density at radius 1 is 1.14 bits per heavy atom. The van der Waals surface area contributed by atoms with Crippen LogP contribution in [0, 0.1) is 0 Å². The fraction of sp³-hybridized carbons (Fsp3) is 0.350. The van der Waals surface area contributed by atoms with Gasteiger partial charge < -0.3 is 15.4 Å². The number of benzene rings is 1. The summed E-state index contributed by atoms with van der Waals surface area (Å²) in [7, 11) is 0. The van der Waals surface area contributed by atoms with Crippen LogP contribution in [0.2, 0.25) is 0 Å². The lowest BCUT2D eigenvalue weighted by molar-refractivity contribution is 0.236. The highest BCUT2D eigenvalue weighted by Gasteiger charge is 2.30. The van der Waals surface area contributed by atoms with Gasteiger partial charge in [0.25, 0.3) is 0 Å². The maximum atomic E-state index is 12.7. The molecule has 0 spiro atoms. The van der Waals surface area contributed by atoms with Gasteiger partial charge in [-0.3, -0.25) is 4.57 Å². The standard InChI is InChI=1S/C20H23N5O3S/c26-19(22-11-13-28-16-5-2-1-3-6-16)21-10-12-24-20(27)25(15-8-9-15)18(23-24)17-7-4-14-29-17/h1-7,14-15H,8-13H2,(H2,21,22,26). The van der Waals surface area contributed by atoms with E-state index in [2.05, 4.69) is 15.7 Å². The zero-order chi connectivity index (χ0) is 20.1. The minimum atomic E-state index is -0.296. The zero-order valence-electron chi connectivity index (χ0n) is 15.9. The molecule has 1 aliphatic rings. The van der Waals surface area contributed by atoms with E-state index in [1.54, 1.807) is 15.9 Å². The summed E-state index contributed by atoms with van der Waals surface area (Å²) in [4.78, 5) is 25.6. The van der Waals surface area contributed by atoms with Gasteiger partial charge in [0.05, 0.1) is 18.0 Å². The molecule has 2 amide bonds. The average Bonchev–Trinajstić information content (AvgIpc) is 3.31. The minimum Gasteiger partial charge on any atom is -0.492 e. The number of nitrogens with one attached hydrogen (secondary N) is 2. The number of ether oxygens (including phenoxy) is 1. The fourth-order valence-corrected chi connectivity index (χ4v) is 3.69. The SMILES string of the molecule is O=C(NCCOc1ccccc1)NCCn1nc(-c2cccs2)n(C2CC2)c1=O. The molecular weight excluding hydrogens is 390 g/mol. The molecular formula is C20H23N5O3S. The minimum absolute atomic E-state index is 0.116. The topological polar surface area (TPSA) is 90.2 Å². The first-order chi connectivity index (χ1) is 14.2. The van der Waals surface area contributed by atoms with Crippen molar-refractivity contribution in [1.82, 2.24) is 25.0 Å². The van der Waals surface area contributed by atoms with Gasteiger partial charge in [-0.25, -0.2) is 14.3 Å². The highest BCUT2D eigenvalue weighted by Crippen LogP contribution is 2.37. The predicted octanol–water partition coefficient (Wildman–Crippen LogP) is 2.49. The number of nitrogens with zero attached hydrogens (tertiary/aromatic N) is 3. The third kappa shape index (κ3) is 4.86. The summed E-state index contributed by atoms with van der Waals surface area (Å²) in [5, 5.41) is 12.0. The first kappa shape index (κ1) is 19.3. The molecule has 1 aromatic carbocycles. The van der Waals surface area contributed by atoms with Crippen molar-refractivity contribution >= 4 is 17.4 Å². The second-order valence-electron chi connectivity index (χ2n) is 6.75. The molecule has 3 aromatic rings. The summed E-state index contributed by atoms with van der Waals surface area (Å²) in [5.41, 5.74) is -0.116. The number of hydrogen-bond donors (Lipinski definition) is 2. The maximum absolute atomic E-state index is 12.7. The van der Waals surface area contributed by atoms with E-state index in [4.69, 9.17) is 4.74 Å². The van der Waals surface area contributed by atoms with E-state index in [0.29, 0.717) is 26.2 Å². The van der Waals surface area contributed by atoms with Crippen molar-refractivity contribution in [2.24, 2.45) is 0 Å².